The molecule has 4 fully saturated rings. The maximum Gasteiger partial charge on any atom is 0.305 e. The number of ether oxygens (including phenoxy) is 1. The van der Waals surface area contributed by atoms with E-state index >= 15 is 0 Å². The van der Waals surface area contributed by atoms with Crippen molar-refractivity contribution in [2.75, 3.05) is 19.8 Å². The van der Waals surface area contributed by atoms with Crippen molar-refractivity contribution in [3.8, 4) is 0 Å². The molecule has 9 atom stereocenters. The first-order valence-corrected chi connectivity index (χ1v) is 15.6. The number of fused-ring (bicyclic) bond motifs is 7. The van der Waals surface area contributed by atoms with Crippen LogP contribution in [-0.4, -0.2) is 64.6 Å². The van der Waals surface area contributed by atoms with Gasteiger partial charge in [-0.05, 0) is 86.5 Å². The molecule has 8 nitrogen and oxygen atoms in total. The van der Waals surface area contributed by atoms with E-state index in [1.54, 1.807) is 25.3 Å². The number of allylic oxidation sites excluding steroid dienone is 4. The lowest BCUT2D eigenvalue weighted by atomic mass is 9.39. The number of ketones is 2. The van der Waals surface area contributed by atoms with Crippen LogP contribution in [0.3, 0.4) is 0 Å². The molecule has 2 N–H and O–H groups in total. The highest BCUT2D eigenvalue weighted by Gasteiger charge is 2.77. The van der Waals surface area contributed by atoms with E-state index in [0.717, 1.165) is 30.6 Å². The van der Waals surface area contributed by atoms with Crippen molar-refractivity contribution >= 4 is 17.5 Å². The number of nitrogens with zero attached hydrogens (tertiary/aromatic N) is 1. The zero-order chi connectivity index (χ0) is 30.1. The van der Waals surface area contributed by atoms with E-state index in [0.29, 0.717) is 32.5 Å². The lowest BCUT2D eigenvalue weighted by Gasteiger charge is -2.66. The second-order valence-electron chi connectivity index (χ2n) is 14.1. The fourth-order valence-corrected chi connectivity index (χ4v) is 10.7. The third kappa shape index (κ3) is 3.87. The lowest BCUT2D eigenvalue weighted by Crippen LogP contribution is -2.65. The van der Waals surface area contributed by atoms with Gasteiger partial charge in [0.25, 0.3) is 0 Å². The summed E-state index contributed by atoms with van der Waals surface area (Å²) in [6.07, 6.45) is 10.0. The van der Waals surface area contributed by atoms with Crippen molar-refractivity contribution in [1.29, 1.82) is 0 Å². The summed E-state index contributed by atoms with van der Waals surface area (Å²) in [5.74, 6) is 0.573. The van der Waals surface area contributed by atoms with E-state index < -0.39 is 34.4 Å². The zero-order valence-electron chi connectivity index (χ0n) is 25.3. The summed E-state index contributed by atoms with van der Waals surface area (Å²) in [6.45, 7) is 9.06. The monoisotopic (exact) mass is 579 g/mol. The Balaban J connectivity index is 1.42. The van der Waals surface area contributed by atoms with Crippen LogP contribution in [0.5, 0.6) is 0 Å². The second-order valence-corrected chi connectivity index (χ2v) is 14.1. The van der Waals surface area contributed by atoms with Gasteiger partial charge in [0.15, 0.2) is 11.6 Å². The number of furan rings is 1. The van der Waals surface area contributed by atoms with E-state index in [1.165, 1.54) is 0 Å². The number of rotatable bonds is 8. The van der Waals surface area contributed by atoms with E-state index in [-0.39, 0.29) is 47.8 Å². The number of carbonyl (C=O) groups is 3. The molecular formula is C34H45NO7. The van der Waals surface area contributed by atoms with Crippen molar-refractivity contribution in [2.24, 2.45) is 39.4 Å². The van der Waals surface area contributed by atoms with E-state index in [1.807, 2.05) is 18.2 Å². The number of carbonyl (C=O) groups excluding carboxylic acids is 3. The largest absolute Gasteiger partial charge is 0.468 e. The highest BCUT2D eigenvalue weighted by molar-refractivity contribution is 6.01. The molecule has 6 rings (SSSR count). The predicted molar refractivity (Wildman–Crippen MR) is 155 cm³/mol. The molecule has 0 aromatic carbocycles. The van der Waals surface area contributed by atoms with E-state index in [4.69, 9.17) is 9.15 Å². The molecule has 9 unspecified atom stereocenters. The fourth-order valence-electron chi connectivity index (χ4n) is 10.7. The fraction of sp³-hybridized carbons (Fsp3) is 0.676. The van der Waals surface area contributed by atoms with Crippen LogP contribution in [0.2, 0.25) is 0 Å². The molecule has 3 saturated carbocycles. The molecule has 5 aliphatic rings. The number of hydrogen-bond acceptors (Lipinski definition) is 8. The molecular weight excluding hydrogens is 534 g/mol. The van der Waals surface area contributed by atoms with Crippen LogP contribution in [-0.2, 0) is 25.7 Å². The Morgan fingerprint density at radius 1 is 1.19 bits per heavy atom. The summed E-state index contributed by atoms with van der Waals surface area (Å²) in [5.41, 5.74) is -1.28. The van der Waals surface area contributed by atoms with Crippen LogP contribution >= 0.6 is 0 Å². The highest BCUT2D eigenvalue weighted by Crippen LogP contribution is 2.76. The van der Waals surface area contributed by atoms with Gasteiger partial charge in [0.1, 0.15) is 12.4 Å². The first-order valence-electron chi connectivity index (χ1n) is 15.6. The van der Waals surface area contributed by atoms with Crippen molar-refractivity contribution in [2.45, 2.75) is 84.9 Å². The second kappa shape index (κ2) is 10.3. The number of aliphatic hydroxyl groups excluding tert-OH is 2. The summed E-state index contributed by atoms with van der Waals surface area (Å²) < 4.78 is 11.0. The zero-order valence-corrected chi connectivity index (χ0v) is 25.3. The van der Waals surface area contributed by atoms with E-state index in [2.05, 4.69) is 25.7 Å². The van der Waals surface area contributed by atoms with Crippen LogP contribution in [0.4, 0.5) is 0 Å². The first kappa shape index (κ1) is 29.5. The standard InChI is InChI=1S/C34H45NO7/c1-5-41-30(40)11-10-27-26-16-25-24-9-8-21-15-22(37)12-13-31(21,2)33(24,4)28(38)17-32(25,3)34(26,29(39)19-36)20-35(27)18-23-7-6-14-42-23/h6-7,12-15,24-28,36,38H,5,8-11,16-20H2,1-4H3. The maximum atomic E-state index is 14.2. The van der Waals surface area contributed by atoms with Gasteiger partial charge in [-0.1, -0.05) is 32.4 Å². The van der Waals surface area contributed by atoms with Gasteiger partial charge in [-0.15, -0.1) is 0 Å². The van der Waals surface area contributed by atoms with E-state index in [9.17, 15) is 24.6 Å². The number of hydrogen-bond donors (Lipinski definition) is 2. The van der Waals surface area contributed by atoms with Crippen LogP contribution in [0, 0.1) is 39.4 Å². The minimum absolute atomic E-state index is 0.00338. The van der Waals surface area contributed by atoms with Crippen LogP contribution < -0.4 is 0 Å². The van der Waals surface area contributed by atoms with Crippen molar-refractivity contribution in [1.82, 2.24) is 4.90 Å². The Bertz CT molecular complexity index is 1320. The molecule has 2 heterocycles. The smallest absolute Gasteiger partial charge is 0.305 e. The first-order chi connectivity index (χ1) is 20.0. The van der Waals surface area contributed by atoms with Crippen LogP contribution in [0.15, 0.2) is 46.6 Å². The topological polar surface area (TPSA) is 117 Å². The SMILES string of the molecule is CCOC(=O)CCC1C2CC3C4CCC5=CC(=O)C=CC5(C)C4(C)C(O)CC3(C)C2(C(=O)CO)CN1Cc1ccco1. The van der Waals surface area contributed by atoms with Gasteiger partial charge >= 0.3 is 5.97 Å². The average Bonchev–Trinajstić information content (AvgIpc) is 3.63. The van der Waals surface area contributed by atoms with Gasteiger partial charge in [0.2, 0.25) is 0 Å². The summed E-state index contributed by atoms with van der Waals surface area (Å²) >= 11 is 0. The number of esters is 1. The van der Waals surface area contributed by atoms with Gasteiger partial charge in [-0.2, -0.15) is 0 Å². The molecule has 8 heteroatoms. The summed E-state index contributed by atoms with van der Waals surface area (Å²) in [4.78, 5) is 41.3. The Labute approximate surface area is 248 Å². The number of Topliss-reactive ketones (excluding diaryl/α,β-unsaturated/α-hetero) is 1. The molecule has 228 valence electrons. The molecule has 1 aromatic rings. The molecule has 1 saturated heterocycles. The van der Waals surface area contributed by atoms with Gasteiger partial charge in [-0.25, -0.2) is 0 Å². The highest BCUT2D eigenvalue weighted by atomic mass is 16.5. The van der Waals surface area contributed by atoms with Gasteiger partial charge < -0.3 is 19.4 Å². The quantitative estimate of drug-likeness (QED) is 0.439. The van der Waals surface area contributed by atoms with Crippen molar-refractivity contribution in [3.05, 3.63) is 48.0 Å². The van der Waals surface area contributed by atoms with Gasteiger partial charge in [0, 0.05) is 29.8 Å². The third-order valence-electron chi connectivity index (χ3n) is 12.9. The maximum absolute atomic E-state index is 14.2. The normalized spacial score (nSPS) is 42.4. The Hall–Kier alpha value is -2.55. The molecule has 1 aliphatic heterocycles. The summed E-state index contributed by atoms with van der Waals surface area (Å²) in [6, 6.07) is 3.69. The minimum Gasteiger partial charge on any atom is -0.468 e. The Morgan fingerprint density at radius 2 is 1.98 bits per heavy atom. The van der Waals surface area contributed by atoms with Crippen LogP contribution in [0.1, 0.15) is 72.0 Å². The minimum atomic E-state index is -0.865. The Kier molecular flexibility index (Phi) is 7.22. The molecule has 0 spiro atoms. The molecule has 1 aromatic heterocycles. The number of aliphatic hydroxyl groups is 2. The average molecular weight is 580 g/mol. The third-order valence-corrected chi connectivity index (χ3v) is 12.9. The van der Waals surface area contributed by atoms with Gasteiger partial charge in [-0.3, -0.25) is 19.3 Å². The van der Waals surface area contributed by atoms with Gasteiger partial charge in [0.05, 0.1) is 30.9 Å². The van der Waals surface area contributed by atoms with Crippen molar-refractivity contribution in [3.63, 3.8) is 0 Å². The molecule has 0 bridgehead atoms. The summed E-state index contributed by atoms with van der Waals surface area (Å²) in [5, 5.41) is 22.7. The molecule has 0 radical (unpaired) electrons. The van der Waals surface area contributed by atoms with Crippen molar-refractivity contribution < 1.29 is 33.8 Å². The lowest BCUT2D eigenvalue weighted by molar-refractivity contribution is -0.192. The van der Waals surface area contributed by atoms with Crippen LogP contribution in [0.25, 0.3) is 0 Å². The molecule has 0 amide bonds. The predicted octanol–water partition coefficient (Wildman–Crippen LogP) is 4.25. The Morgan fingerprint density at radius 3 is 2.67 bits per heavy atom. The summed E-state index contributed by atoms with van der Waals surface area (Å²) in [7, 11) is 0. The molecule has 42 heavy (non-hydrogen) atoms. The molecule has 4 aliphatic carbocycles. The number of likely N-dealkylation sites (tertiary alicyclic amines) is 1.